The molecule has 1 saturated heterocycles. The number of carboxylic acids is 1. The summed E-state index contributed by atoms with van der Waals surface area (Å²) < 4.78 is 19.2. The summed E-state index contributed by atoms with van der Waals surface area (Å²) in [4.78, 5) is 35.5. The van der Waals surface area contributed by atoms with Gasteiger partial charge in [0.25, 0.3) is 0 Å². The van der Waals surface area contributed by atoms with Gasteiger partial charge in [0.05, 0.1) is 12.5 Å². The smallest absolute Gasteiger partial charge is 0.343 e. The van der Waals surface area contributed by atoms with Crippen LogP contribution >= 0.6 is 42.5 Å². The molecule has 0 bridgehead atoms. The van der Waals surface area contributed by atoms with E-state index in [2.05, 4.69) is 17.2 Å². The highest BCUT2D eigenvalue weighted by Gasteiger charge is 2.38. The number of nitrogens with zero attached hydrogens (tertiary/aromatic N) is 1. The molecule has 1 aliphatic heterocycles. The molecule has 0 amide bonds. The topological polar surface area (TPSA) is 159 Å². The van der Waals surface area contributed by atoms with Crippen LogP contribution in [0.1, 0.15) is 85.2 Å². The Balaban J connectivity index is 0.000000196. The second kappa shape index (κ2) is 20.3. The summed E-state index contributed by atoms with van der Waals surface area (Å²) in [5.74, 6) is -0.0256. The minimum Gasteiger partial charge on any atom is -0.507 e. The molecule has 1 atom stereocenters. The van der Waals surface area contributed by atoms with Gasteiger partial charge in [-0.2, -0.15) is 0 Å². The number of allylic oxidation sites excluding steroid dienone is 1. The van der Waals surface area contributed by atoms with Crippen LogP contribution in [0.15, 0.2) is 54.1 Å². The van der Waals surface area contributed by atoms with Crippen LogP contribution in [-0.4, -0.2) is 77.0 Å². The van der Waals surface area contributed by atoms with Crippen molar-refractivity contribution in [2.24, 2.45) is 23.5 Å². The standard InChI is InChI=1S/C22H19ClO3.C8H15NO2.C7H15Cl2N2O2P/c23-16-11-9-14(10-12-16)13-5-7-15(8-6-13)19-20(24)17-3-1-2-4-18(17)21(25)22(19)26;9-5-6-1-3-7(4-2-6)8(10)11;8-2-5-11(6-3-9)14(12)10-4-1-7-13-14/h1-4,9-13,15,24H,5-8H2;6-7H,1-5,9H2,(H,10,11);1-7H2,(H,10,12). The number of benzene rings is 2. The van der Waals surface area contributed by atoms with E-state index in [0.717, 1.165) is 69.4 Å². The van der Waals surface area contributed by atoms with Gasteiger partial charge in [-0.1, -0.05) is 48.0 Å². The van der Waals surface area contributed by atoms with Crippen molar-refractivity contribution >= 4 is 65.8 Å². The molecule has 2 saturated carbocycles. The Morgan fingerprint density at radius 1 is 0.882 bits per heavy atom. The summed E-state index contributed by atoms with van der Waals surface area (Å²) in [6, 6.07) is 14.7. The number of fused-ring (bicyclic) bond motifs is 1. The Bertz CT molecular complexity index is 1540. The molecule has 0 aromatic heterocycles. The van der Waals surface area contributed by atoms with Crippen LogP contribution < -0.4 is 10.8 Å². The highest BCUT2D eigenvalue weighted by molar-refractivity contribution is 7.54. The van der Waals surface area contributed by atoms with Gasteiger partial charge in [0.1, 0.15) is 5.76 Å². The minimum absolute atomic E-state index is 0.0138. The first kappa shape index (κ1) is 41.5. The molecule has 6 rings (SSSR count). The van der Waals surface area contributed by atoms with Crippen molar-refractivity contribution in [2.75, 3.05) is 44.5 Å². The number of Topliss-reactive ketones (excluding diaryl/α,β-unsaturated/α-hetero) is 2. The summed E-state index contributed by atoms with van der Waals surface area (Å²) in [7, 11) is -2.84. The number of carboxylic acid groups (broad SMARTS) is 1. The largest absolute Gasteiger partial charge is 0.507 e. The number of aliphatic carboxylic acids is 1. The average molecular weight is 785 g/mol. The predicted molar refractivity (Wildman–Crippen MR) is 203 cm³/mol. The van der Waals surface area contributed by atoms with Crippen LogP contribution in [0.25, 0.3) is 5.76 Å². The zero-order valence-corrected chi connectivity index (χ0v) is 31.9. The van der Waals surface area contributed by atoms with Crippen molar-refractivity contribution in [1.29, 1.82) is 0 Å². The summed E-state index contributed by atoms with van der Waals surface area (Å²) in [5, 5.41) is 23.0. The first-order valence-corrected chi connectivity index (χ1v) is 20.7. The summed E-state index contributed by atoms with van der Waals surface area (Å²) >= 11 is 17.2. The summed E-state index contributed by atoms with van der Waals surface area (Å²) in [6.07, 6.45) is 7.93. The first-order valence-electron chi connectivity index (χ1n) is 17.7. The predicted octanol–water partition coefficient (Wildman–Crippen LogP) is 8.07. The minimum atomic E-state index is -2.84. The summed E-state index contributed by atoms with van der Waals surface area (Å²) in [6.45, 7) is 3.02. The van der Waals surface area contributed by atoms with Crippen LogP contribution in [0, 0.1) is 17.8 Å². The molecule has 1 heterocycles. The fourth-order valence-corrected chi connectivity index (χ4v) is 9.91. The van der Waals surface area contributed by atoms with E-state index in [-0.39, 0.29) is 17.6 Å². The maximum absolute atomic E-state index is 12.6. The highest BCUT2D eigenvalue weighted by Crippen LogP contribution is 2.48. The van der Waals surface area contributed by atoms with E-state index in [1.165, 1.54) is 5.56 Å². The Labute approximate surface area is 315 Å². The van der Waals surface area contributed by atoms with Crippen LogP contribution in [0.5, 0.6) is 0 Å². The number of nitrogens with one attached hydrogen (secondary N) is 1. The lowest BCUT2D eigenvalue weighted by atomic mass is 9.72. The SMILES string of the molecule is NCC1CCC(C(=O)O)CC1.O=C1C(=O)c2ccccc2C(O)=C1C1CCC(c2ccc(Cl)cc2)CC1.O=P1(N(CCCl)CCCl)NCCCO1. The lowest BCUT2D eigenvalue weighted by Crippen LogP contribution is -2.35. The highest BCUT2D eigenvalue weighted by atomic mass is 35.5. The third-order valence-corrected chi connectivity index (χ3v) is 13.0. The Hall–Kier alpha value is -2.27. The number of ketones is 2. The van der Waals surface area contributed by atoms with Gasteiger partial charge in [0.15, 0.2) is 0 Å². The molecule has 2 aromatic rings. The molecule has 0 radical (unpaired) electrons. The van der Waals surface area contributed by atoms with Gasteiger partial charge in [0.2, 0.25) is 11.6 Å². The third-order valence-electron chi connectivity index (χ3n) is 10.1. The monoisotopic (exact) mass is 783 g/mol. The number of nitrogens with two attached hydrogens (primary N) is 1. The Kier molecular flexibility index (Phi) is 16.5. The maximum atomic E-state index is 12.6. The molecule has 3 fully saturated rings. The van der Waals surface area contributed by atoms with Gasteiger partial charge in [-0.05, 0) is 99.8 Å². The number of alkyl halides is 2. The van der Waals surface area contributed by atoms with Crippen molar-refractivity contribution in [3.63, 3.8) is 0 Å². The second-order valence-corrected chi connectivity index (χ2v) is 16.7. The van der Waals surface area contributed by atoms with Gasteiger partial charge in [-0.3, -0.25) is 18.9 Å². The van der Waals surface area contributed by atoms with Crippen molar-refractivity contribution in [3.05, 3.63) is 75.8 Å². The number of aliphatic hydroxyl groups excluding tert-OH is 1. The molecule has 2 aromatic carbocycles. The van der Waals surface area contributed by atoms with Crippen LogP contribution in [0.2, 0.25) is 5.02 Å². The molecular weight excluding hydrogens is 736 g/mol. The van der Waals surface area contributed by atoms with Crippen LogP contribution in [0.4, 0.5) is 0 Å². The van der Waals surface area contributed by atoms with Gasteiger partial charge < -0.3 is 20.5 Å². The quantitative estimate of drug-likeness (QED) is 0.111. The van der Waals surface area contributed by atoms with E-state index in [0.29, 0.717) is 66.5 Å². The normalized spacial score (nSPS) is 26.4. The van der Waals surface area contributed by atoms with Crippen LogP contribution in [0.3, 0.4) is 0 Å². The fraction of sp³-hybridized carbons (Fsp3) is 0.541. The Morgan fingerprint density at radius 2 is 1.47 bits per heavy atom. The zero-order valence-electron chi connectivity index (χ0n) is 28.8. The van der Waals surface area contributed by atoms with E-state index >= 15 is 0 Å². The van der Waals surface area contributed by atoms with Gasteiger partial charge >= 0.3 is 13.6 Å². The second-order valence-electron chi connectivity index (χ2n) is 13.3. The molecule has 1 unspecified atom stereocenters. The molecule has 5 N–H and O–H groups in total. The maximum Gasteiger partial charge on any atom is 0.343 e. The summed E-state index contributed by atoms with van der Waals surface area (Å²) in [5.41, 5.74) is 7.82. The molecule has 14 heteroatoms. The lowest BCUT2D eigenvalue weighted by molar-refractivity contribution is -0.143. The Morgan fingerprint density at radius 3 is 2.00 bits per heavy atom. The molecule has 3 aliphatic carbocycles. The lowest BCUT2D eigenvalue weighted by Gasteiger charge is -2.33. The van der Waals surface area contributed by atoms with E-state index in [1.807, 2.05) is 12.1 Å². The zero-order chi connectivity index (χ0) is 37.0. The van der Waals surface area contributed by atoms with E-state index < -0.39 is 25.2 Å². The van der Waals surface area contributed by atoms with Gasteiger partial charge in [0, 0.05) is 53.1 Å². The third kappa shape index (κ3) is 11.1. The van der Waals surface area contributed by atoms with Crippen molar-refractivity contribution in [2.45, 2.75) is 63.7 Å². The molecule has 4 aliphatic rings. The number of aliphatic hydroxyl groups is 1. The number of carbonyl (C=O) groups is 3. The van der Waals surface area contributed by atoms with Gasteiger partial charge in [-0.15, -0.1) is 23.2 Å². The van der Waals surface area contributed by atoms with Gasteiger partial charge in [-0.25, -0.2) is 9.76 Å². The van der Waals surface area contributed by atoms with E-state index in [4.69, 9.17) is 50.2 Å². The number of halogens is 3. The molecular formula is C37H49Cl3N3O7P. The van der Waals surface area contributed by atoms with Crippen molar-refractivity contribution in [1.82, 2.24) is 9.76 Å². The molecule has 0 spiro atoms. The van der Waals surface area contributed by atoms with E-state index in [9.17, 15) is 24.1 Å². The van der Waals surface area contributed by atoms with Crippen molar-refractivity contribution < 1.29 is 33.7 Å². The number of hydrogen-bond donors (Lipinski definition) is 4. The van der Waals surface area contributed by atoms with Crippen molar-refractivity contribution in [3.8, 4) is 0 Å². The number of rotatable bonds is 9. The number of hydrogen-bond acceptors (Lipinski definition) is 7. The molecule has 280 valence electrons. The molecule has 51 heavy (non-hydrogen) atoms. The molecule has 10 nitrogen and oxygen atoms in total. The first-order chi connectivity index (χ1) is 24.5. The van der Waals surface area contributed by atoms with E-state index in [1.54, 1.807) is 28.9 Å². The number of carbonyl (C=O) groups excluding carboxylic acids is 2. The fourth-order valence-electron chi connectivity index (χ4n) is 7.14. The van der Waals surface area contributed by atoms with Crippen LogP contribution in [-0.2, 0) is 18.7 Å². The average Bonchev–Trinajstić information content (AvgIpc) is 3.15.